The molecule has 0 radical (unpaired) electrons. The van der Waals surface area contributed by atoms with Gasteiger partial charge in [0.25, 0.3) is 0 Å². The van der Waals surface area contributed by atoms with Crippen LogP contribution < -0.4 is 27.0 Å². The van der Waals surface area contributed by atoms with E-state index in [0.717, 1.165) is 26.6 Å². The Morgan fingerprint density at radius 3 is 1.29 bits per heavy atom. The van der Waals surface area contributed by atoms with Gasteiger partial charge in [0.05, 0.1) is 42.7 Å². The third kappa shape index (κ3) is 21.8. The van der Waals surface area contributed by atoms with E-state index >= 15 is 19.2 Å². The predicted molar refractivity (Wildman–Crippen MR) is 373 cm³/mol. The Kier molecular flexibility index (Phi) is 34.3. The molecule has 0 saturated carbocycles. The molecule has 574 valence electrons. The Hall–Kier alpha value is -7.46. The minimum atomic E-state index is -2.49. The number of nitrogens with two attached hydrogens (primary N) is 1. The first-order valence-electron chi connectivity index (χ1n) is 34.4. The summed E-state index contributed by atoms with van der Waals surface area (Å²) in [6.07, 6.45) is -8.14. The van der Waals surface area contributed by atoms with E-state index in [-0.39, 0.29) is 11.3 Å². The quantitative estimate of drug-likeness (QED) is 0.0385. The molecule has 0 unspecified atom stereocenters. The molecule has 1 fully saturated rings. The van der Waals surface area contributed by atoms with Crippen LogP contribution in [0.25, 0.3) is 0 Å². The Balaban J connectivity index is 2.59. The zero-order valence-electron chi connectivity index (χ0n) is 63.4. The molecular formula is C69H118N12O20. The number of rotatable bonds is 37. The summed E-state index contributed by atoms with van der Waals surface area (Å²) in [4.78, 5) is 179. The number of carbonyl (C=O) groups is 12. The van der Waals surface area contributed by atoms with Crippen LogP contribution in [-0.4, -0.2) is 302 Å². The first-order chi connectivity index (χ1) is 46.6. The van der Waals surface area contributed by atoms with Gasteiger partial charge in [-0.2, -0.15) is 0 Å². The highest BCUT2D eigenvalue weighted by atomic mass is 16.7. The van der Waals surface area contributed by atoms with E-state index in [1.165, 1.54) is 96.0 Å². The van der Waals surface area contributed by atoms with E-state index < -0.39 is 229 Å². The highest BCUT2D eigenvalue weighted by Gasteiger charge is 2.57. The average Bonchev–Trinajstić information content (AvgIpc) is 1.68. The van der Waals surface area contributed by atoms with Crippen molar-refractivity contribution in [2.24, 2.45) is 47.2 Å². The summed E-state index contributed by atoms with van der Waals surface area (Å²) in [5, 5.41) is 73.2. The first kappa shape index (κ1) is 89.6. The van der Waals surface area contributed by atoms with E-state index in [4.69, 9.17) is 15.2 Å². The van der Waals surface area contributed by atoms with Crippen molar-refractivity contribution in [2.45, 2.75) is 221 Å². The summed E-state index contributed by atoms with van der Waals surface area (Å²) in [6, 6.07) is -8.03. The van der Waals surface area contributed by atoms with Crippen molar-refractivity contribution < 1.29 is 97.6 Å². The summed E-state index contributed by atoms with van der Waals surface area (Å²) < 4.78 is 11.7. The van der Waals surface area contributed by atoms with Crippen molar-refractivity contribution in [1.82, 2.24) is 50.2 Å². The second-order valence-corrected chi connectivity index (χ2v) is 28.9. The molecule has 0 bridgehead atoms. The summed E-state index contributed by atoms with van der Waals surface area (Å²) in [5.74, 6) is -16.7. The summed E-state index contributed by atoms with van der Waals surface area (Å²) in [7, 11) is 9.30. The number of hydrogen-bond acceptors (Lipinski definition) is 20. The molecule has 1 aromatic rings. The van der Waals surface area contributed by atoms with Crippen LogP contribution in [0.1, 0.15) is 134 Å². The minimum absolute atomic E-state index is 0.0232. The molecule has 1 aliphatic rings. The number of nitrogens with one attached hydrogen (secondary N) is 4. The highest BCUT2D eigenvalue weighted by Crippen LogP contribution is 2.35. The number of carboxylic acids is 1. The van der Waals surface area contributed by atoms with Gasteiger partial charge in [0, 0.05) is 49.3 Å². The Morgan fingerprint density at radius 1 is 0.525 bits per heavy atom. The maximum Gasteiger partial charge on any atom is 0.337 e. The van der Waals surface area contributed by atoms with Gasteiger partial charge in [-0.3, -0.25) is 52.7 Å². The number of aliphatic hydroxyl groups is 5. The zero-order chi connectivity index (χ0) is 78.2. The highest BCUT2D eigenvalue weighted by molar-refractivity contribution is 6.03. The second kappa shape index (κ2) is 38.7. The van der Waals surface area contributed by atoms with Gasteiger partial charge in [-0.1, -0.05) is 115 Å². The van der Waals surface area contributed by atoms with Crippen molar-refractivity contribution in [3.8, 4) is 0 Å². The van der Waals surface area contributed by atoms with Gasteiger partial charge in [0.1, 0.15) is 79.3 Å². The van der Waals surface area contributed by atoms with Crippen LogP contribution >= 0.6 is 0 Å². The van der Waals surface area contributed by atoms with E-state index in [2.05, 4.69) is 21.3 Å². The van der Waals surface area contributed by atoms with Crippen molar-refractivity contribution >= 4 is 76.6 Å². The number of carboxylic acid groups (broad SMARTS) is 1. The molecule has 1 aromatic carbocycles. The molecule has 1 saturated heterocycles. The molecule has 0 spiro atoms. The third-order valence-electron chi connectivity index (χ3n) is 18.7. The third-order valence-corrected chi connectivity index (χ3v) is 18.7. The number of carbonyl (C=O) groups excluding carboxylic acids is 11. The van der Waals surface area contributed by atoms with Crippen LogP contribution in [0.2, 0.25) is 0 Å². The van der Waals surface area contributed by atoms with Gasteiger partial charge in [-0.05, 0) is 74.3 Å². The van der Waals surface area contributed by atoms with Gasteiger partial charge in [-0.15, -0.1) is 0 Å². The lowest BCUT2D eigenvalue weighted by molar-refractivity contribution is -0.296. The number of anilines is 1. The fraction of sp³-hybridized carbons (Fsp3) is 0.739. The molecule has 32 heteroatoms. The second-order valence-electron chi connectivity index (χ2n) is 28.9. The summed E-state index contributed by atoms with van der Waals surface area (Å²) in [6.45, 7) is 24.9. The number of para-hydroxylation sites is 1. The number of benzene rings is 1. The summed E-state index contributed by atoms with van der Waals surface area (Å²) >= 11 is 0. The van der Waals surface area contributed by atoms with Crippen LogP contribution in [0.3, 0.4) is 0 Å². The number of amides is 11. The molecule has 11 amide bonds. The monoisotopic (exact) mass is 1430 g/mol. The number of aromatic carboxylic acids is 1. The Morgan fingerprint density at radius 2 is 0.901 bits per heavy atom. The smallest absolute Gasteiger partial charge is 0.337 e. The number of likely N-dealkylation sites (N-methyl/N-ethyl adjacent to an activating group) is 7. The van der Waals surface area contributed by atoms with E-state index in [1.54, 1.807) is 96.1 Å². The molecule has 0 aliphatic carbocycles. The Bertz CT molecular complexity index is 3040. The molecular weight excluding hydrogens is 1320 g/mol. The van der Waals surface area contributed by atoms with Gasteiger partial charge in [0.15, 0.2) is 0 Å². The lowest BCUT2D eigenvalue weighted by Crippen LogP contribution is -2.65. The van der Waals surface area contributed by atoms with Gasteiger partial charge < -0.3 is 101 Å². The zero-order valence-corrected chi connectivity index (χ0v) is 63.4. The average molecular weight is 1440 g/mol. The number of nitrogens with zero attached hydrogens (tertiary/aromatic N) is 7. The predicted octanol–water partition coefficient (Wildman–Crippen LogP) is -0.885. The number of aliphatic hydroxyl groups excluding tert-OH is 5. The van der Waals surface area contributed by atoms with Crippen LogP contribution in [-0.2, 0) is 62.2 Å². The molecule has 17 atom stereocenters. The van der Waals surface area contributed by atoms with Gasteiger partial charge in [0.2, 0.25) is 70.8 Å². The van der Waals surface area contributed by atoms with Crippen molar-refractivity contribution in [1.29, 1.82) is 0 Å². The molecule has 2 rings (SSSR count). The normalized spacial score (nSPS) is 20.0. The molecule has 1 heterocycles. The van der Waals surface area contributed by atoms with Crippen molar-refractivity contribution in [3.05, 3.63) is 29.8 Å². The fourth-order valence-electron chi connectivity index (χ4n) is 12.8. The van der Waals surface area contributed by atoms with E-state index in [1.807, 2.05) is 6.92 Å². The molecule has 12 N–H and O–H groups in total. The largest absolute Gasteiger partial charge is 0.478 e. The standard InChI is InChI=1S/C69H118N12O20/c1-25-39(14)48(62(92)78(21)52(36(8)9)64(94)75(18)30-46(85)71-44-29-27-26-28-43(44)68(98)99)73-60(90)51(35(6)7)76(19)65(95)54(38(12)13)80(23)66(96)53(37(10)11)79(22)61(91)47(33(2)3)72-59(89)50(34(4)5)77(20)67(97)55(81(24)63(93)49(41(16)84)74-58(88)40(15)70)42(17)100-69(32-83)57(87)56(86)45(31-82)101-69/h26-29,33-42,45,47-57,82-84,86-87H,25,30-32,70H2,1-24H3,(H,71,85)(H,72,89)(H,73,90)(H,74,88)(H,98,99)/t39-,40+,41+,42+,45-,47+,48+,49+,50+,51+,52+,53+,54+,55+,56-,57+,69-/m1/s1. The lowest BCUT2D eigenvalue weighted by Gasteiger charge is -2.42. The van der Waals surface area contributed by atoms with E-state index in [9.17, 15) is 69.0 Å². The van der Waals surface area contributed by atoms with Crippen LogP contribution in [0.15, 0.2) is 24.3 Å². The van der Waals surface area contributed by atoms with Crippen molar-refractivity contribution in [3.63, 3.8) is 0 Å². The topological polar surface area (TPSA) is 441 Å². The summed E-state index contributed by atoms with van der Waals surface area (Å²) in [5.41, 5.74) is 5.63. The lowest BCUT2D eigenvalue weighted by atomic mass is 9.93. The minimum Gasteiger partial charge on any atom is -0.478 e. The van der Waals surface area contributed by atoms with Crippen molar-refractivity contribution in [2.75, 3.05) is 74.4 Å². The molecule has 0 aromatic heterocycles. The maximum atomic E-state index is 15.2. The maximum absolute atomic E-state index is 15.2. The fourth-order valence-corrected chi connectivity index (χ4v) is 12.8. The van der Waals surface area contributed by atoms with E-state index in [0.29, 0.717) is 6.42 Å². The molecule has 1 aliphatic heterocycles. The van der Waals surface area contributed by atoms with Crippen LogP contribution in [0.4, 0.5) is 5.69 Å². The van der Waals surface area contributed by atoms with Crippen LogP contribution in [0.5, 0.6) is 0 Å². The number of ether oxygens (including phenoxy) is 2. The van der Waals surface area contributed by atoms with Gasteiger partial charge >= 0.3 is 5.97 Å². The van der Waals surface area contributed by atoms with Gasteiger partial charge in [-0.25, -0.2) is 4.79 Å². The SMILES string of the molecule is CC[C@@H](C)[C@H](NC(=O)[C@H](C(C)C)N(C)C(=O)[C@H](C(C)C)N(C)C(=O)[C@H](C(C)C)N(C)C(=O)[C@@H](NC(=O)[C@H](C(C)C)N(C)C(=O)[C@H]([C@H](C)O[C@]1(CO)O[C@H](CO)[C@@H](O)[C@@H]1O)N(C)C(=O)[C@@H](NC(=O)[C@H](C)N)[C@H](C)O)C(C)C)C(=O)N(C)[C@H](C(=O)N(C)CC(=O)Nc1ccccc1C(=O)O)C(C)C. The molecule has 32 nitrogen and oxygen atoms in total. The Labute approximate surface area is 594 Å². The molecule has 101 heavy (non-hydrogen) atoms. The first-order valence-corrected chi connectivity index (χ1v) is 34.4. The number of hydrogen-bond donors (Lipinski definition) is 11. The van der Waals surface area contributed by atoms with Crippen LogP contribution in [0, 0.1) is 41.4 Å².